The molecule has 2 heterocycles. The zero-order chi connectivity index (χ0) is 18.9. The molecule has 6 heteroatoms. The van der Waals surface area contributed by atoms with Crippen LogP contribution in [0.4, 0.5) is 13.2 Å². The van der Waals surface area contributed by atoms with Gasteiger partial charge in [0.05, 0.1) is 17.1 Å². The minimum Gasteiger partial charge on any atom is -0.314 e. The second-order valence-corrected chi connectivity index (χ2v) is 6.69. The standard InChI is InChI=1S/C21H20F3N3/c22-21(23,24)18-7-3-1-6-17(18)20(27-13-11-25-12-14-27)16-9-10-26-19-8-4-2-5-15(16)19/h1-10,20,25H,11-14H2. The van der Waals surface area contributed by atoms with E-state index in [-0.39, 0.29) is 0 Å². The molecular formula is C21H20F3N3. The van der Waals surface area contributed by atoms with Crippen molar-refractivity contribution in [1.82, 2.24) is 15.2 Å². The number of hydrogen-bond donors (Lipinski definition) is 1. The number of hydrogen-bond acceptors (Lipinski definition) is 3. The Kier molecular flexibility index (Phi) is 4.85. The van der Waals surface area contributed by atoms with Crippen molar-refractivity contribution in [2.24, 2.45) is 0 Å². The summed E-state index contributed by atoms with van der Waals surface area (Å²) in [5.41, 5.74) is 1.37. The number of pyridine rings is 1. The highest BCUT2D eigenvalue weighted by Crippen LogP contribution is 2.40. The smallest absolute Gasteiger partial charge is 0.314 e. The van der Waals surface area contributed by atoms with Crippen LogP contribution in [0.5, 0.6) is 0 Å². The maximum atomic E-state index is 13.8. The van der Waals surface area contributed by atoms with Gasteiger partial charge in [-0.25, -0.2) is 0 Å². The first-order chi connectivity index (χ1) is 13.1. The molecule has 0 spiro atoms. The minimum absolute atomic E-state index is 0.295. The van der Waals surface area contributed by atoms with Crippen molar-refractivity contribution in [1.29, 1.82) is 0 Å². The fourth-order valence-corrected chi connectivity index (χ4v) is 3.85. The van der Waals surface area contributed by atoms with E-state index in [0.29, 0.717) is 18.7 Å². The number of fused-ring (bicyclic) bond motifs is 1. The Balaban J connectivity index is 1.94. The van der Waals surface area contributed by atoms with Crippen LogP contribution in [0.2, 0.25) is 0 Å². The maximum Gasteiger partial charge on any atom is 0.416 e. The van der Waals surface area contributed by atoms with E-state index in [2.05, 4.69) is 15.2 Å². The highest BCUT2D eigenvalue weighted by Gasteiger charge is 2.37. The maximum absolute atomic E-state index is 13.8. The lowest BCUT2D eigenvalue weighted by molar-refractivity contribution is -0.138. The zero-order valence-corrected chi connectivity index (χ0v) is 14.7. The van der Waals surface area contributed by atoms with E-state index < -0.39 is 17.8 Å². The monoisotopic (exact) mass is 371 g/mol. The lowest BCUT2D eigenvalue weighted by Gasteiger charge is -2.37. The Labute approximate surface area is 155 Å². The van der Waals surface area contributed by atoms with Crippen molar-refractivity contribution in [2.45, 2.75) is 12.2 Å². The van der Waals surface area contributed by atoms with Crippen LogP contribution in [0.1, 0.15) is 22.7 Å². The third kappa shape index (κ3) is 3.55. The molecule has 1 aliphatic rings. The van der Waals surface area contributed by atoms with E-state index in [0.717, 1.165) is 29.6 Å². The lowest BCUT2D eigenvalue weighted by atomic mass is 9.90. The largest absolute Gasteiger partial charge is 0.416 e. The SMILES string of the molecule is FC(F)(F)c1ccccc1C(c1ccnc2ccccc12)N1CCNCC1. The van der Waals surface area contributed by atoms with Gasteiger partial charge in [0.1, 0.15) is 0 Å². The summed E-state index contributed by atoms with van der Waals surface area (Å²) in [5.74, 6) is 0. The Morgan fingerprint density at radius 2 is 1.59 bits per heavy atom. The van der Waals surface area contributed by atoms with Gasteiger partial charge in [0, 0.05) is 37.8 Å². The Morgan fingerprint density at radius 1 is 0.889 bits per heavy atom. The van der Waals surface area contributed by atoms with Crippen LogP contribution in [-0.4, -0.2) is 36.1 Å². The highest BCUT2D eigenvalue weighted by molar-refractivity contribution is 5.83. The fourth-order valence-electron chi connectivity index (χ4n) is 3.85. The number of benzene rings is 2. The summed E-state index contributed by atoms with van der Waals surface area (Å²) in [5, 5.41) is 4.17. The molecule has 0 radical (unpaired) electrons. The van der Waals surface area contributed by atoms with Gasteiger partial charge in [-0.1, -0.05) is 36.4 Å². The van der Waals surface area contributed by atoms with E-state index in [4.69, 9.17) is 0 Å². The highest BCUT2D eigenvalue weighted by atomic mass is 19.4. The van der Waals surface area contributed by atoms with Gasteiger partial charge in [-0.3, -0.25) is 9.88 Å². The van der Waals surface area contributed by atoms with E-state index in [9.17, 15) is 13.2 Å². The van der Waals surface area contributed by atoms with Crippen LogP contribution < -0.4 is 5.32 Å². The van der Waals surface area contributed by atoms with E-state index in [1.165, 1.54) is 12.1 Å². The third-order valence-corrected chi connectivity index (χ3v) is 5.05. The van der Waals surface area contributed by atoms with Crippen LogP contribution in [0.25, 0.3) is 10.9 Å². The molecular weight excluding hydrogens is 351 g/mol. The van der Waals surface area contributed by atoms with Crippen molar-refractivity contribution in [3.8, 4) is 0 Å². The van der Waals surface area contributed by atoms with Gasteiger partial charge in [-0.15, -0.1) is 0 Å². The summed E-state index contributed by atoms with van der Waals surface area (Å²) in [6, 6.07) is 14.9. The molecule has 1 N–H and O–H groups in total. The van der Waals surface area contributed by atoms with Crippen LogP contribution >= 0.6 is 0 Å². The number of rotatable bonds is 3. The Hall–Kier alpha value is -2.44. The molecule has 1 saturated heterocycles. The molecule has 1 aromatic heterocycles. The number of halogens is 3. The topological polar surface area (TPSA) is 28.2 Å². The van der Waals surface area contributed by atoms with Crippen LogP contribution in [0, 0.1) is 0 Å². The number of nitrogens with one attached hydrogen (secondary N) is 1. The van der Waals surface area contributed by atoms with Gasteiger partial charge in [0.2, 0.25) is 0 Å². The number of nitrogens with zero attached hydrogens (tertiary/aromatic N) is 2. The summed E-state index contributed by atoms with van der Waals surface area (Å²) in [6.07, 6.45) is -2.71. The average Bonchev–Trinajstić information content (AvgIpc) is 2.69. The molecule has 0 aliphatic carbocycles. The molecule has 1 atom stereocenters. The number of aromatic nitrogens is 1. The van der Waals surface area contributed by atoms with Crippen LogP contribution in [0.3, 0.4) is 0 Å². The van der Waals surface area contributed by atoms with Crippen LogP contribution in [-0.2, 0) is 6.18 Å². The van der Waals surface area contributed by atoms with E-state index in [1.807, 2.05) is 30.3 Å². The van der Waals surface area contributed by atoms with E-state index in [1.54, 1.807) is 18.3 Å². The minimum atomic E-state index is -4.40. The predicted molar refractivity (Wildman–Crippen MR) is 99.5 cm³/mol. The summed E-state index contributed by atoms with van der Waals surface area (Å²) in [4.78, 5) is 6.51. The van der Waals surface area contributed by atoms with Gasteiger partial charge in [-0.05, 0) is 29.3 Å². The van der Waals surface area contributed by atoms with Gasteiger partial charge < -0.3 is 5.32 Å². The first kappa shape index (κ1) is 17.9. The second kappa shape index (κ2) is 7.29. The normalized spacial score (nSPS) is 17.1. The fraction of sp³-hybridized carbons (Fsp3) is 0.286. The number of para-hydroxylation sites is 1. The average molecular weight is 371 g/mol. The van der Waals surface area contributed by atoms with Crippen molar-refractivity contribution < 1.29 is 13.2 Å². The summed E-state index contributed by atoms with van der Waals surface area (Å²) in [7, 11) is 0. The third-order valence-electron chi connectivity index (χ3n) is 5.05. The first-order valence-corrected chi connectivity index (χ1v) is 9.00. The number of piperazine rings is 1. The zero-order valence-electron chi connectivity index (χ0n) is 14.7. The molecule has 0 saturated carbocycles. The second-order valence-electron chi connectivity index (χ2n) is 6.69. The molecule has 2 aromatic carbocycles. The molecule has 27 heavy (non-hydrogen) atoms. The molecule has 1 aliphatic heterocycles. The summed E-state index contributed by atoms with van der Waals surface area (Å²) in [6.45, 7) is 2.89. The van der Waals surface area contributed by atoms with Gasteiger partial charge in [0.15, 0.2) is 0 Å². The molecule has 0 amide bonds. The van der Waals surface area contributed by atoms with Gasteiger partial charge in [0.25, 0.3) is 0 Å². The predicted octanol–water partition coefficient (Wildman–Crippen LogP) is 4.25. The molecule has 1 fully saturated rings. The molecule has 4 rings (SSSR count). The molecule has 140 valence electrons. The van der Waals surface area contributed by atoms with Gasteiger partial charge in [-0.2, -0.15) is 13.2 Å². The van der Waals surface area contributed by atoms with Crippen LogP contribution in [0.15, 0.2) is 60.8 Å². The van der Waals surface area contributed by atoms with Crippen molar-refractivity contribution in [3.63, 3.8) is 0 Å². The van der Waals surface area contributed by atoms with Gasteiger partial charge >= 0.3 is 6.18 Å². The first-order valence-electron chi connectivity index (χ1n) is 9.00. The lowest BCUT2D eigenvalue weighted by Crippen LogP contribution is -2.45. The Bertz CT molecular complexity index is 928. The van der Waals surface area contributed by atoms with E-state index >= 15 is 0 Å². The molecule has 1 unspecified atom stereocenters. The quantitative estimate of drug-likeness (QED) is 0.746. The van der Waals surface area contributed by atoms with Crippen molar-refractivity contribution >= 4 is 10.9 Å². The van der Waals surface area contributed by atoms with Crippen molar-refractivity contribution in [2.75, 3.05) is 26.2 Å². The molecule has 3 nitrogen and oxygen atoms in total. The van der Waals surface area contributed by atoms with Crippen molar-refractivity contribution in [3.05, 3.63) is 77.5 Å². The number of alkyl halides is 3. The molecule has 3 aromatic rings. The summed E-state index contributed by atoms with van der Waals surface area (Å²) >= 11 is 0. The Morgan fingerprint density at radius 3 is 2.37 bits per heavy atom. The molecule has 0 bridgehead atoms. The summed E-state index contributed by atoms with van der Waals surface area (Å²) < 4.78 is 41.3.